The summed E-state index contributed by atoms with van der Waals surface area (Å²) in [6, 6.07) is 12.3. The second-order valence-corrected chi connectivity index (χ2v) is 11.9. The molecule has 10 nitrogen and oxygen atoms in total. The van der Waals surface area contributed by atoms with Crippen molar-refractivity contribution in [2.45, 2.75) is 32.2 Å². The van der Waals surface area contributed by atoms with Crippen LogP contribution >= 0.6 is 0 Å². The molecule has 0 spiro atoms. The molecule has 3 aromatic rings. The van der Waals surface area contributed by atoms with E-state index >= 15 is 0 Å². The van der Waals surface area contributed by atoms with Gasteiger partial charge in [0.05, 0.1) is 6.26 Å². The molecule has 2 aromatic heterocycles. The first-order chi connectivity index (χ1) is 17.4. The predicted octanol–water partition coefficient (Wildman–Crippen LogP) is 4.34. The predicted molar refractivity (Wildman–Crippen MR) is 142 cm³/mol. The van der Waals surface area contributed by atoms with Crippen molar-refractivity contribution >= 4 is 27.8 Å². The monoisotopic (exact) mass is 527 g/mol. The highest BCUT2D eigenvalue weighted by molar-refractivity contribution is 7.92. The molecule has 4 rings (SSSR count). The highest BCUT2D eigenvalue weighted by Gasteiger charge is 2.34. The van der Waals surface area contributed by atoms with E-state index in [1.807, 2.05) is 55.3 Å². The molecule has 198 valence electrons. The van der Waals surface area contributed by atoms with Gasteiger partial charge in [-0.05, 0) is 36.0 Å². The first kappa shape index (κ1) is 26.5. The lowest BCUT2D eigenvalue weighted by molar-refractivity contribution is 0.185. The summed E-state index contributed by atoms with van der Waals surface area (Å²) >= 11 is 0. The molecule has 1 amide bonds. The van der Waals surface area contributed by atoms with Gasteiger partial charge in [-0.15, -0.1) is 0 Å². The fourth-order valence-corrected chi connectivity index (χ4v) is 4.75. The highest BCUT2D eigenvalue weighted by atomic mass is 32.2. The van der Waals surface area contributed by atoms with Crippen LogP contribution in [0, 0.1) is 11.8 Å². The van der Waals surface area contributed by atoms with E-state index in [1.165, 1.54) is 13.3 Å². The zero-order chi connectivity index (χ0) is 26.9. The average molecular weight is 528 g/mol. The maximum atomic E-state index is 12.3. The second kappa shape index (κ2) is 10.4. The fraction of sp³-hybridized carbons (Fsp3) is 0.423. The number of pyridine rings is 1. The van der Waals surface area contributed by atoms with Gasteiger partial charge in [-0.25, -0.2) is 23.2 Å². The number of benzene rings is 1. The molecule has 37 heavy (non-hydrogen) atoms. The first-order valence-electron chi connectivity index (χ1n) is 12.1. The second-order valence-electron chi connectivity index (χ2n) is 9.85. The number of amides is 1. The molecular weight excluding hydrogens is 494 g/mol. The van der Waals surface area contributed by atoms with Crippen LogP contribution in [0.15, 0.2) is 53.1 Å². The Bertz CT molecular complexity index is 1360. The van der Waals surface area contributed by atoms with Gasteiger partial charge in [0.15, 0.2) is 0 Å². The van der Waals surface area contributed by atoms with Crippen molar-refractivity contribution in [2.75, 3.05) is 36.1 Å². The molecule has 3 unspecified atom stereocenters. The number of oxazole rings is 1. The smallest absolute Gasteiger partial charge is 0.405 e. The van der Waals surface area contributed by atoms with Gasteiger partial charge in [0, 0.05) is 32.1 Å². The van der Waals surface area contributed by atoms with Crippen LogP contribution in [0.4, 0.5) is 16.4 Å². The molecule has 1 fully saturated rings. The van der Waals surface area contributed by atoms with Crippen LogP contribution in [0.25, 0.3) is 11.3 Å². The maximum absolute atomic E-state index is 12.3. The van der Waals surface area contributed by atoms with E-state index in [1.54, 1.807) is 6.07 Å². The summed E-state index contributed by atoms with van der Waals surface area (Å²) in [4.78, 5) is 22.8. The zero-order valence-corrected chi connectivity index (χ0v) is 22.4. The molecule has 2 N–H and O–H groups in total. The van der Waals surface area contributed by atoms with Crippen molar-refractivity contribution in [3.8, 4) is 11.3 Å². The van der Waals surface area contributed by atoms with Gasteiger partial charge in [-0.1, -0.05) is 44.2 Å². The molecule has 11 heteroatoms. The standard InChI is InChI=1S/C26H33N5O5S/c1-16-11-20(16)14-30(3)22-12-19(13-23(28-22)31(4)37(5,34)35)21-15-36-25(27-21)24(29-26(32)33)17(2)18-9-7-6-8-10-18/h6-10,12-13,15-17,20,24,29H,11,14H2,1-5H3,(H,32,33)/t16?,17?,20?,24-/m1/s1. The molecule has 2 heterocycles. The molecule has 0 radical (unpaired) electrons. The molecule has 1 aliphatic carbocycles. The Morgan fingerprint density at radius 3 is 2.43 bits per heavy atom. The Morgan fingerprint density at radius 2 is 1.84 bits per heavy atom. The number of sulfonamides is 1. The van der Waals surface area contributed by atoms with Crippen LogP contribution in [0.5, 0.6) is 0 Å². The van der Waals surface area contributed by atoms with Crippen molar-refractivity contribution in [1.82, 2.24) is 15.3 Å². The third-order valence-corrected chi connectivity index (χ3v) is 8.16. The summed E-state index contributed by atoms with van der Waals surface area (Å²) in [6.45, 7) is 4.92. The van der Waals surface area contributed by atoms with E-state index in [0.717, 1.165) is 29.1 Å². The number of anilines is 2. The van der Waals surface area contributed by atoms with E-state index in [9.17, 15) is 18.3 Å². The quantitative estimate of drug-likeness (QED) is 0.398. The lowest BCUT2D eigenvalue weighted by atomic mass is 9.93. The van der Waals surface area contributed by atoms with E-state index in [4.69, 9.17) is 4.42 Å². The molecule has 1 saturated carbocycles. The number of aromatic nitrogens is 2. The Morgan fingerprint density at radius 1 is 1.19 bits per heavy atom. The lowest BCUT2D eigenvalue weighted by Crippen LogP contribution is -2.30. The third-order valence-electron chi connectivity index (χ3n) is 6.98. The summed E-state index contributed by atoms with van der Waals surface area (Å²) in [5, 5.41) is 12.0. The van der Waals surface area contributed by atoms with Crippen LogP contribution in [-0.4, -0.2) is 56.5 Å². The highest BCUT2D eigenvalue weighted by Crippen LogP contribution is 2.39. The van der Waals surface area contributed by atoms with E-state index in [-0.39, 0.29) is 17.6 Å². The summed E-state index contributed by atoms with van der Waals surface area (Å²) in [5.74, 6) is 2.07. The van der Waals surface area contributed by atoms with E-state index < -0.39 is 22.2 Å². The van der Waals surface area contributed by atoms with Crippen molar-refractivity contribution in [3.05, 3.63) is 60.2 Å². The summed E-state index contributed by atoms with van der Waals surface area (Å²) in [7, 11) is -0.158. The van der Waals surface area contributed by atoms with Crippen molar-refractivity contribution in [3.63, 3.8) is 0 Å². The molecule has 1 aliphatic rings. The minimum atomic E-state index is -3.55. The van der Waals surface area contributed by atoms with E-state index in [0.29, 0.717) is 28.9 Å². The number of carbonyl (C=O) groups is 1. The third kappa shape index (κ3) is 6.22. The van der Waals surface area contributed by atoms with Crippen LogP contribution in [0.2, 0.25) is 0 Å². The van der Waals surface area contributed by atoms with Gasteiger partial charge in [-0.3, -0.25) is 4.31 Å². The van der Waals surface area contributed by atoms with Gasteiger partial charge in [0.1, 0.15) is 29.6 Å². The Labute approximate surface area is 217 Å². The average Bonchev–Trinajstić information content (AvgIpc) is 3.33. The van der Waals surface area contributed by atoms with Crippen molar-refractivity contribution < 1.29 is 22.7 Å². The number of hydrogen-bond acceptors (Lipinski definition) is 7. The Hall–Kier alpha value is -3.60. The maximum Gasteiger partial charge on any atom is 0.405 e. The largest absolute Gasteiger partial charge is 0.465 e. The van der Waals surface area contributed by atoms with Gasteiger partial charge in [0.25, 0.3) is 0 Å². The topological polar surface area (TPSA) is 129 Å². The fourth-order valence-electron chi connectivity index (χ4n) is 4.32. The zero-order valence-electron chi connectivity index (χ0n) is 21.6. The molecular formula is C26H33N5O5S. The molecule has 0 aliphatic heterocycles. The van der Waals surface area contributed by atoms with Crippen LogP contribution in [0.1, 0.15) is 43.7 Å². The SMILES string of the molecule is CC1CC1CN(C)c1cc(-c2coc([C@H](NC(=O)O)C(C)c3ccccc3)n2)cc(N(C)S(C)(=O)=O)n1. The molecule has 0 bridgehead atoms. The number of rotatable bonds is 10. The lowest BCUT2D eigenvalue weighted by Gasteiger charge is -2.22. The minimum Gasteiger partial charge on any atom is -0.465 e. The number of hydrogen-bond donors (Lipinski definition) is 2. The Kier molecular flexibility index (Phi) is 7.44. The summed E-state index contributed by atoms with van der Waals surface area (Å²) in [6.07, 6.45) is 2.55. The molecule has 0 saturated heterocycles. The summed E-state index contributed by atoms with van der Waals surface area (Å²) < 4.78 is 31.4. The first-order valence-corrected chi connectivity index (χ1v) is 14.0. The van der Waals surface area contributed by atoms with Gasteiger partial charge >= 0.3 is 6.09 Å². The minimum absolute atomic E-state index is 0.213. The Balaban J connectivity index is 1.71. The van der Waals surface area contributed by atoms with Gasteiger partial charge in [-0.2, -0.15) is 0 Å². The molecule has 1 aromatic carbocycles. The van der Waals surface area contributed by atoms with Crippen LogP contribution in [-0.2, 0) is 10.0 Å². The van der Waals surface area contributed by atoms with Crippen LogP contribution < -0.4 is 14.5 Å². The summed E-state index contributed by atoms with van der Waals surface area (Å²) in [5.41, 5.74) is 2.00. The van der Waals surface area contributed by atoms with Crippen LogP contribution in [0.3, 0.4) is 0 Å². The number of nitrogens with one attached hydrogen (secondary N) is 1. The number of carboxylic acid groups (broad SMARTS) is 1. The molecule has 4 atom stereocenters. The number of nitrogens with zero attached hydrogens (tertiary/aromatic N) is 4. The van der Waals surface area contributed by atoms with Gasteiger partial charge in [0.2, 0.25) is 15.9 Å². The van der Waals surface area contributed by atoms with Crippen molar-refractivity contribution in [2.24, 2.45) is 11.8 Å². The van der Waals surface area contributed by atoms with E-state index in [2.05, 4.69) is 22.2 Å². The van der Waals surface area contributed by atoms with Gasteiger partial charge < -0.3 is 19.7 Å². The van der Waals surface area contributed by atoms with Crippen molar-refractivity contribution in [1.29, 1.82) is 0 Å². The normalized spacial score (nSPS) is 18.6.